The number of hydrogen-bond donors (Lipinski definition) is 0. The molecule has 0 aromatic heterocycles. The maximum Gasteiger partial charge on any atom is 0.264 e. The normalized spacial score (nSPS) is 22.3. The Hall–Kier alpha value is -4.18. The number of anilines is 1. The first-order valence-corrected chi connectivity index (χ1v) is 13.0. The SMILES string of the molecule is Cc1ccc(N2C(=O)[C@@H]3N=NN(CC(=O)N4N=C(c5ccc(Br)cc5)C[C@@H]4c4ccccc4)[C@H]3C2=O)cc1. The lowest BCUT2D eigenvalue weighted by Gasteiger charge is -2.25. The van der Waals surface area contributed by atoms with Crippen molar-refractivity contribution in [1.82, 2.24) is 10.0 Å². The van der Waals surface area contributed by atoms with Crippen LogP contribution >= 0.6 is 15.9 Å². The molecule has 38 heavy (non-hydrogen) atoms. The van der Waals surface area contributed by atoms with Crippen LogP contribution in [0.5, 0.6) is 0 Å². The van der Waals surface area contributed by atoms with Crippen molar-refractivity contribution in [3.8, 4) is 0 Å². The predicted molar refractivity (Wildman–Crippen MR) is 144 cm³/mol. The summed E-state index contributed by atoms with van der Waals surface area (Å²) in [5, 5.41) is 15.6. The number of fused-ring (bicyclic) bond motifs is 1. The van der Waals surface area contributed by atoms with Gasteiger partial charge in [-0.2, -0.15) is 10.2 Å². The summed E-state index contributed by atoms with van der Waals surface area (Å²) in [5.41, 5.74) is 4.17. The molecule has 0 spiro atoms. The molecule has 0 bridgehead atoms. The Morgan fingerprint density at radius 1 is 0.947 bits per heavy atom. The van der Waals surface area contributed by atoms with Gasteiger partial charge in [0.15, 0.2) is 12.1 Å². The van der Waals surface area contributed by atoms with E-state index >= 15 is 0 Å². The van der Waals surface area contributed by atoms with Crippen LogP contribution in [0, 0.1) is 6.92 Å². The molecule has 6 rings (SSSR count). The lowest BCUT2D eigenvalue weighted by molar-refractivity contribution is -0.135. The second kappa shape index (κ2) is 9.60. The van der Waals surface area contributed by atoms with Crippen LogP contribution in [0.25, 0.3) is 0 Å². The fraction of sp³-hybridized carbons (Fsp3) is 0.214. The van der Waals surface area contributed by atoms with Crippen LogP contribution in [-0.4, -0.2) is 52.1 Å². The Bertz CT molecular complexity index is 1470. The number of carbonyl (C=O) groups is 3. The van der Waals surface area contributed by atoms with Crippen molar-refractivity contribution in [3.63, 3.8) is 0 Å². The van der Waals surface area contributed by atoms with Crippen LogP contribution < -0.4 is 4.90 Å². The van der Waals surface area contributed by atoms with Gasteiger partial charge in [0.2, 0.25) is 0 Å². The lowest BCUT2D eigenvalue weighted by Crippen LogP contribution is -2.44. The first-order valence-electron chi connectivity index (χ1n) is 12.2. The van der Waals surface area contributed by atoms with Crippen molar-refractivity contribution >= 4 is 45.1 Å². The smallest absolute Gasteiger partial charge is 0.264 e. The number of amides is 3. The molecule has 3 aliphatic heterocycles. The fourth-order valence-corrected chi connectivity index (χ4v) is 5.27. The van der Waals surface area contributed by atoms with E-state index in [9.17, 15) is 14.4 Å². The zero-order chi connectivity index (χ0) is 26.4. The van der Waals surface area contributed by atoms with Crippen LogP contribution in [0.3, 0.4) is 0 Å². The number of halogens is 1. The molecule has 0 saturated carbocycles. The van der Waals surface area contributed by atoms with Gasteiger partial charge in [0.1, 0.15) is 6.54 Å². The highest BCUT2D eigenvalue weighted by Gasteiger charge is 2.55. The molecule has 0 N–H and O–H groups in total. The van der Waals surface area contributed by atoms with E-state index in [2.05, 4.69) is 26.3 Å². The molecule has 3 aliphatic rings. The Balaban J connectivity index is 1.25. The monoisotopic (exact) mass is 570 g/mol. The largest absolute Gasteiger partial charge is 0.271 e. The van der Waals surface area contributed by atoms with Gasteiger partial charge in [0, 0.05) is 10.9 Å². The number of carbonyl (C=O) groups excluding carboxylic acids is 3. The molecule has 0 radical (unpaired) electrons. The van der Waals surface area contributed by atoms with E-state index in [1.165, 1.54) is 10.0 Å². The predicted octanol–water partition coefficient (Wildman–Crippen LogP) is 4.43. The molecule has 1 fully saturated rings. The summed E-state index contributed by atoms with van der Waals surface area (Å²) in [4.78, 5) is 41.1. The Labute approximate surface area is 227 Å². The van der Waals surface area contributed by atoms with Gasteiger partial charge in [-0.05, 0) is 42.3 Å². The maximum absolute atomic E-state index is 13.6. The summed E-state index contributed by atoms with van der Waals surface area (Å²) in [6.45, 7) is 1.70. The third kappa shape index (κ3) is 4.20. The van der Waals surface area contributed by atoms with E-state index in [1.54, 1.807) is 12.1 Å². The van der Waals surface area contributed by atoms with Crippen molar-refractivity contribution in [2.75, 3.05) is 11.4 Å². The van der Waals surface area contributed by atoms with Gasteiger partial charge in [-0.25, -0.2) is 9.91 Å². The molecule has 9 nitrogen and oxygen atoms in total. The van der Waals surface area contributed by atoms with Crippen LogP contribution in [0.15, 0.2) is 98.8 Å². The number of aryl methyl sites for hydroxylation is 1. The van der Waals surface area contributed by atoms with Crippen LogP contribution in [0.1, 0.15) is 29.2 Å². The molecule has 3 amide bonds. The molecule has 10 heteroatoms. The fourth-order valence-electron chi connectivity index (χ4n) is 5.01. The highest BCUT2D eigenvalue weighted by molar-refractivity contribution is 9.10. The minimum absolute atomic E-state index is 0.230. The summed E-state index contributed by atoms with van der Waals surface area (Å²) in [6.07, 6.45) is 0.545. The number of imide groups is 1. The van der Waals surface area contributed by atoms with Gasteiger partial charge in [0.25, 0.3) is 17.7 Å². The summed E-state index contributed by atoms with van der Waals surface area (Å²) in [5.74, 6) is -1.22. The summed E-state index contributed by atoms with van der Waals surface area (Å²) in [6, 6.07) is 22.4. The molecule has 1 saturated heterocycles. The maximum atomic E-state index is 13.6. The van der Waals surface area contributed by atoms with Crippen molar-refractivity contribution in [3.05, 3.63) is 100 Å². The molecular weight excluding hydrogens is 548 g/mol. The molecule has 0 unspecified atom stereocenters. The van der Waals surface area contributed by atoms with E-state index in [4.69, 9.17) is 5.10 Å². The van der Waals surface area contributed by atoms with Gasteiger partial charge in [-0.3, -0.25) is 19.4 Å². The average Bonchev–Trinajstić information content (AvgIpc) is 3.61. The van der Waals surface area contributed by atoms with Crippen molar-refractivity contribution in [2.45, 2.75) is 31.5 Å². The highest BCUT2D eigenvalue weighted by Crippen LogP contribution is 2.35. The minimum atomic E-state index is -0.970. The van der Waals surface area contributed by atoms with Crippen LogP contribution in [-0.2, 0) is 14.4 Å². The van der Waals surface area contributed by atoms with Gasteiger partial charge in [0.05, 0.1) is 17.4 Å². The molecule has 3 aromatic rings. The number of rotatable bonds is 5. The first-order chi connectivity index (χ1) is 18.4. The van der Waals surface area contributed by atoms with Crippen LogP contribution in [0.4, 0.5) is 5.69 Å². The second-order valence-electron chi connectivity index (χ2n) is 9.46. The molecule has 3 aromatic carbocycles. The Morgan fingerprint density at radius 3 is 2.37 bits per heavy atom. The Kier molecular flexibility index (Phi) is 6.11. The van der Waals surface area contributed by atoms with E-state index in [0.717, 1.165) is 31.8 Å². The quantitative estimate of drug-likeness (QED) is 0.424. The molecule has 0 aliphatic carbocycles. The Morgan fingerprint density at radius 2 is 1.66 bits per heavy atom. The molecular formula is C28H23BrN6O3. The standard InChI is InChI=1S/C28H23BrN6O3/c1-17-7-13-21(14-8-17)34-27(37)25-26(28(34)38)33(32-30-25)16-24(36)35-23(19-5-3-2-4-6-19)15-22(31-35)18-9-11-20(29)12-10-18/h2-14,23,25-26H,15-16H2,1H3/t23-,25-,26-/m1/s1. The highest BCUT2D eigenvalue weighted by atomic mass is 79.9. The van der Waals surface area contributed by atoms with E-state index in [-0.39, 0.29) is 18.5 Å². The topological polar surface area (TPSA) is 98.0 Å². The number of benzene rings is 3. The summed E-state index contributed by atoms with van der Waals surface area (Å²) >= 11 is 3.46. The minimum Gasteiger partial charge on any atom is -0.271 e. The number of hydrazone groups is 1. The zero-order valence-electron chi connectivity index (χ0n) is 20.4. The number of nitrogens with zero attached hydrogens (tertiary/aromatic N) is 6. The third-order valence-corrected chi connectivity index (χ3v) is 7.50. The average molecular weight is 571 g/mol. The van der Waals surface area contributed by atoms with E-state index < -0.39 is 23.9 Å². The van der Waals surface area contributed by atoms with E-state index in [1.807, 2.05) is 73.7 Å². The van der Waals surface area contributed by atoms with Gasteiger partial charge < -0.3 is 0 Å². The van der Waals surface area contributed by atoms with E-state index in [0.29, 0.717) is 12.1 Å². The molecule has 3 atom stereocenters. The van der Waals surface area contributed by atoms with Crippen molar-refractivity contribution in [2.24, 2.45) is 15.4 Å². The molecule has 190 valence electrons. The lowest BCUT2D eigenvalue weighted by atomic mass is 9.98. The van der Waals surface area contributed by atoms with Gasteiger partial charge >= 0.3 is 0 Å². The van der Waals surface area contributed by atoms with Gasteiger partial charge in [-0.1, -0.05) is 81.3 Å². The summed E-state index contributed by atoms with van der Waals surface area (Å²) < 4.78 is 0.955. The number of hydrogen-bond acceptors (Lipinski definition) is 7. The second-order valence-corrected chi connectivity index (χ2v) is 10.4. The van der Waals surface area contributed by atoms with Crippen LogP contribution in [0.2, 0.25) is 0 Å². The third-order valence-electron chi connectivity index (χ3n) is 6.98. The molecule has 3 heterocycles. The van der Waals surface area contributed by atoms with Crippen molar-refractivity contribution < 1.29 is 14.4 Å². The van der Waals surface area contributed by atoms with Crippen molar-refractivity contribution in [1.29, 1.82) is 0 Å². The summed E-state index contributed by atoms with van der Waals surface area (Å²) in [7, 11) is 0. The van der Waals surface area contributed by atoms with Gasteiger partial charge in [-0.15, -0.1) is 0 Å². The first kappa shape index (κ1) is 24.2. The zero-order valence-corrected chi connectivity index (χ0v) is 22.0.